The van der Waals surface area contributed by atoms with Crippen LogP contribution >= 0.6 is 0 Å². The van der Waals surface area contributed by atoms with Gasteiger partial charge in [0.15, 0.2) is 0 Å². The smallest absolute Gasteiger partial charge is 0.0319 e. The predicted octanol–water partition coefficient (Wildman–Crippen LogP) is 1.54. The van der Waals surface area contributed by atoms with E-state index in [4.69, 9.17) is 5.21 Å². The Hall–Kier alpha value is -0.0800. The highest BCUT2D eigenvalue weighted by Gasteiger charge is 2.10. The van der Waals surface area contributed by atoms with Crippen molar-refractivity contribution in [3.63, 3.8) is 0 Å². The average molecular weight is 117 g/mol. The quantitative estimate of drug-likeness (QED) is 0.511. The molecule has 1 saturated carbocycles. The first kappa shape index (κ1) is 6.05. The first-order chi connectivity index (χ1) is 3.93. The molecule has 1 aliphatic rings. The van der Waals surface area contributed by atoms with Crippen LogP contribution in [0, 0.1) is 0 Å². The van der Waals surface area contributed by atoms with Crippen molar-refractivity contribution in [2.24, 2.45) is 0 Å². The lowest BCUT2D eigenvalue weighted by molar-refractivity contribution is 0.107. The van der Waals surface area contributed by atoms with Gasteiger partial charge in [0, 0.05) is 7.47 Å². The molecule has 0 aromatic rings. The summed E-state index contributed by atoms with van der Waals surface area (Å²) in [5.74, 6) is 0. The summed E-state index contributed by atoms with van der Waals surface area (Å²) in [6, 6.07) is 0.392. The molecule has 0 saturated heterocycles. The van der Waals surface area contributed by atoms with Gasteiger partial charge in [0.1, 0.15) is 0 Å². The molecule has 0 bridgehead atoms. The molecule has 50 valence electrons. The zero-order chi connectivity index (χ0) is 5.82. The number of hydroxylamine groups is 1. The minimum Gasteiger partial charge on any atom is -0.317 e. The summed E-state index contributed by atoms with van der Waals surface area (Å²) in [5, 5.41) is 8.44. The minimum atomic E-state index is 0. The third-order valence-corrected chi connectivity index (χ3v) is 1.79. The van der Waals surface area contributed by atoms with Crippen LogP contribution in [0.5, 0.6) is 0 Å². The molecule has 8 heavy (non-hydrogen) atoms. The zero-order valence-electron chi connectivity index (χ0n) is 5.06. The summed E-state index contributed by atoms with van der Waals surface area (Å²) in [7, 11) is 0. The van der Waals surface area contributed by atoms with E-state index in [9.17, 15) is 0 Å². The highest BCUT2D eigenvalue weighted by molar-refractivity contribution is 4.67. The van der Waals surface area contributed by atoms with E-state index >= 15 is 0 Å². The van der Waals surface area contributed by atoms with Gasteiger partial charge in [-0.25, -0.2) is 5.48 Å². The van der Waals surface area contributed by atoms with Crippen LogP contribution in [-0.2, 0) is 0 Å². The fraction of sp³-hybridized carbons (Fsp3) is 1.00. The monoisotopic (exact) mass is 117 g/mol. The standard InChI is InChI=1S/C6H13NO.H2/c8-7-6-4-2-1-3-5-6;/h6-8H,1-5H2;1H. The Bertz CT molecular complexity index is 64.1. The topological polar surface area (TPSA) is 32.3 Å². The van der Waals surface area contributed by atoms with Gasteiger partial charge >= 0.3 is 0 Å². The van der Waals surface area contributed by atoms with Crippen LogP contribution in [0.3, 0.4) is 0 Å². The molecule has 0 heterocycles. The van der Waals surface area contributed by atoms with Gasteiger partial charge in [-0.1, -0.05) is 19.3 Å². The molecule has 1 aliphatic carbocycles. The molecule has 1 fully saturated rings. The van der Waals surface area contributed by atoms with Gasteiger partial charge in [-0.2, -0.15) is 0 Å². The molecule has 2 nitrogen and oxygen atoms in total. The molecule has 0 amide bonds. The Morgan fingerprint density at radius 1 is 1.25 bits per heavy atom. The van der Waals surface area contributed by atoms with E-state index in [1.54, 1.807) is 0 Å². The second-order valence-electron chi connectivity index (χ2n) is 2.46. The maximum Gasteiger partial charge on any atom is 0.0319 e. The molecule has 0 unspecified atom stereocenters. The molecule has 1 rings (SSSR count). The van der Waals surface area contributed by atoms with E-state index in [2.05, 4.69) is 5.48 Å². The molecule has 0 aromatic heterocycles. The van der Waals surface area contributed by atoms with E-state index in [0.717, 1.165) is 12.8 Å². The summed E-state index contributed by atoms with van der Waals surface area (Å²) in [6.07, 6.45) is 6.20. The number of rotatable bonds is 1. The van der Waals surface area contributed by atoms with Crippen LogP contribution < -0.4 is 5.48 Å². The molecular weight excluding hydrogens is 102 g/mol. The highest BCUT2D eigenvalue weighted by atomic mass is 16.5. The van der Waals surface area contributed by atoms with Crippen LogP contribution in [0.25, 0.3) is 0 Å². The molecular formula is C6H15NO. The van der Waals surface area contributed by atoms with Crippen molar-refractivity contribution in [2.75, 3.05) is 0 Å². The first-order valence-electron chi connectivity index (χ1n) is 3.33. The van der Waals surface area contributed by atoms with Gasteiger partial charge in [-0.05, 0) is 12.8 Å². The third-order valence-electron chi connectivity index (χ3n) is 1.79. The van der Waals surface area contributed by atoms with Gasteiger partial charge in [0.25, 0.3) is 0 Å². The van der Waals surface area contributed by atoms with Crippen molar-refractivity contribution in [3.8, 4) is 0 Å². The van der Waals surface area contributed by atoms with E-state index in [-0.39, 0.29) is 1.43 Å². The van der Waals surface area contributed by atoms with Crippen LogP contribution in [0.15, 0.2) is 0 Å². The van der Waals surface area contributed by atoms with Crippen molar-refractivity contribution < 1.29 is 6.63 Å². The number of hydrogen-bond donors (Lipinski definition) is 2. The Morgan fingerprint density at radius 3 is 2.25 bits per heavy atom. The Labute approximate surface area is 51.3 Å². The molecule has 2 N–H and O–H groups in total. The van der Waals surface area contributed by atoms with Gasteiger partial charge < -0.3 is 5.21 Å². The van der Waals surface area contributed by atoms with Crippen molar-refractivity contribution in [3.05, 3.63) is 0 Å². The van der Waals surface area contributed by atoms with Crippen LogP contribution in [0.4, 0.5) is 0 Å². The minimum absolute atomic E-state index is 0. The van der Waals surface area contributed by atoms with Crippen molar-refractivity contribution in [1.29, 1.82) is 0 Å². The van der Waals surface area contributed by atoms with Crippen molar-refractivity contribution in [2.45, 2.75) is 38.1 Å². The molecule has 2 heteroatoms. The van der Waals surface area contributed by atoms with Gasteiger partial charge in [-0.3, -0.25) is 0 Å². The van der Waals surface area contributed by atoms with E-state index < -0.39 is 0 Å². The zero-order valence-corrected chi connectivity index (χ0v) is 5.06. The maximum absolute atomic E-state index is 8.44. The summed E-state index contributed by atoms with van der Waals surface area (Å²) in [4.78, 5) is 0. The Balaban J connectivity index is 0.000000640. The SMILES string of the molecule is ONC1CCCCC1.[HH]. The summed E-state index contributed by atoms with van der Waals surface area (Å²) >= 11 is 0. The first-order valence-corrected chi connectivity index (χ1v) is 3.33. The number of nitrogens with one attached hydrogen (secondary N) is 1. The van der Waals surface area contributed by atoms with Crippen LogP contribution in [0.2, 0.25) is 0 Å². The van der Waals surface area contributed by atoms with E-state index in [0.29, 0.717) is 6.04 Å². The van der Waals surface area contributed by atoms with E-state index in [1.165, 1.54) is 19.3 Å². The molecule has 0 spiro atoms. The Kier molecular flexibility index (Phi) is 2.30. The predicted molar refractivity (Wildman–Crippen MR) is 33.9 cm³/mol. The summed E-state index contributed by atoms with van der Waals surface area (Å²) in [5.41, 5.74) is 2.30. The summed E-state index contributed by atoms with van der Waals surface area (Å²) < 4.78 is 0. The molecule has 0 aliphatic heterocycles. The highest BCUT2D eigenvalue weighted by Crippen LogP contribution is 2.16. The maximum atomic E-state index is 8.44. The third kappa shape index (κ3) is 1.46. The lowest BCUT2D eigenvalue weighted by atomic mass is 9.96. The second kappa shape index (κ2) is 3.05. The van der Waals surface area contributed by atoms with Crippen molar-refractivity contribution >= 4 is 0 Å². The lowest BCUT2D eigenvalue weighted by Crippen LogP contribution is -2.27. The molecule has 0 radical (unpaired) electrons. The van der Waals surface area contributed by atoms with Crippen LogP contribution in [0.1, 0.15) is 33.5 Å². The largest absolute Gasteiger partial charge is 0.317 e. The normalized spacial score (nSPS) is 23.6. The van der Waals surface area contributed by atoms with E-state index in [1.807, 2.05) is 0 Å². The van der Waals surface area contributed by atoms with Gasteiger partial charge in [-0.15, -0.1) is 0 Å². The second-order valence-corrected chi connectivity index (χ2v) is 2.46. The number of hydrogen-bond acceptors (Lipinski definition) is 2. The molecule has 0 atom stereocenters. The lowest BCUT2D eigenvalue weighted by Gasteiger charge is -2.18. The fourth-order valence-electron chi connectivity index (χ4n) is 1.23. The van der Waals surface area contributed by atoms with Gasteiger partial charge in [0.05, 0.1) is 0 Å². The van der Waals surface area contributed by atoms with Gasteiger partial charge in [0.2, 0.25) is 0 Å². The van der Waals surface area contributed by atoms with Crippen LogP contribution in [-0.4, -0.2) is 11.2 Å². The van der Waals surface area contributed by atoms with Crippen molar-refractivity contribution in [1.82, 2.24) is 5.48 Å². The molecule has 0 aromatic carbocycles. The fourth-order valence-corrected chi connectivity index (χ4v) is 1.23. The average Bonchev–Trinajstić information content (AvgIpc) is 1.90. The summed E-state index contributed by atoms with van der Waals surface area (Å²) in [6.45, 7) is 0. The Morgan fingerprint density at radius 2 is 1.88 bits per heavy atom.